The number of rotatable bonds is 4. The third kappa shape index (κ3) is 3.31. The summed E-state index contributed by atoms with van der Waals surface area (Å²) in [5.74, 6) is -2.78. The molecule has 25 heavy (non-hydrogen) atoms. The molecule has 1 fully saturated rings. The van der Waals surface area contributed by atoms with Crippen LogP contribution in [-0.2, 0) is 9.59 Å². The Hall–Kier alpha value is -2.96. The Morgan fingerprint density at radius 1 is 1.16 bits per heavy atom. The zero-order chi connectivity index (χ0) is 18.0. The zero-order valence-electron chi connectivity index (χ0n) is 13.5. The summed E-state index contributed by atoms with van der Waals surface area (Å²) in [6.07, 6.45) is -0.0417. The fourth-order valence-corrected chi connectivity index (χ4v) is 2.81. The average Bonchev–Trinajstić information content (AvgIpc) is 3.00. The molecule has 1 aliphatic heterocycles. The van der Waals surface area contributed by atoms with E-state index in [0.717, 1.165) is 12.1 Å². The average molecular weight is 346 g/mol. The molecule has 3 rings (SSSR count). The second-order valence-corrected chi connectivity index (χ2v) is 5.66. The van der Waals surface area contributed by atoms with Gasteiger partial charge in [-0.1, -0.05) is 18.2 Å². The molecule has 2 aromatic rings. The van der Waals surface area contributed by atoms with Crippen molar-refractivity contribution in [1.29, 1.82) is 0 Å². The fraction of sp³-hybridized carbons (Fsp3) is 0.222. The molecule has 5 nitrogen and oxygen atoms in total. The highest BCUT2D eigenvalue weighted by atomic mass is 19.1. The monoisotopic (exact) mass is 346 g/mol. The number of halogens is 2. The molecule has 2 aromatic carbocycles. The number of benzene rings is 2. The van der Waals surface area contributed by atoms with Crippen LogP contribution in [0.25, 0.3) is 0 Å². The summed E-state index contributed by atoms with van der Waals surface area (Å²) in [6.45, 7) is 0.112. The van der Waals surface area contributed by atoms with E-state index in [2.05, 4.69) is 5.32 Å². The fourth-order valence-electron chi connectivity index (χ4n) is 2.81. The molecule has 1 unspecified atom stereocenters. The van der Waals surface area contributed by atoms with Gasteiger partial charge in [0, 0.05) is 13.0 Å². The number of anilines is 2. The minimum atomic E-state index is -0.862. The van der Waals surface area contributed by atoms with Gasteiger partial charge < -0.3 is 15.0 Å². The van der Waals surface area contributed by atoms with Crippen LogP contribution in [0, 0.1) is 17.6 Å². The zero-order valence-corrected chi connectivity index (χ0v) is 13.5. The van der Waals surface area contributed by atoms with E-state index in [9.17, 15) is 18.4 Å². The van der Waals surface area contributed by atoms with Crippen molar-refractivity contribution < 1.29 is 23.1 Å². The topological polar surface area (TPSA) is 58.6 Å². The number of nitrogens with zero attached hydrogens (tertiary/aromatic N) is 1. The van der Waals surface area contributed by atoms with E-state index in [1.165, 1.54) is 18.1 Å². The van der Waals surface area contributed by atoms with Gasteiger partial charge in [-0.25, -0.2) is 8.78 Å². The minimum absolute atomic E-state index is 0.0417. The lowest BCUT2D eigenvalue weighted by atomic mass is 10.1. The van der Waals surface area contributed by atoms with E-state index in [-0.39, 0.29) is 18.9 Å². The Morgan fingerprint density at radius 2 is 1.84 bits per heavy atom. The summed E-state index contributed by atoms with van der Waals surface area (Å²) in [6, 6.07) is 10.3. The second kappa shape index (κ2) is 6.88. The van der Waals surface area contributed by atoms with Crippen molar-refractivity contribution >= 4 is 23.2 Å². The van der Waals surface area contributed by atoms with E-state index in [1.54, 1.807) is 24.3 Å². The van der Waals surface area contributed by atoms with E-state index in [0.29, 0.717) is 11.4 Å². The largest absolute Gasteiger partial charge is 0.495 e. The molecular formula is C18H16F2N2O3. The molecular weight excluding hydrogens is 330 g/mol. The van der Waals surface area contributed by atoms with Gasteiger partial charge in [-0.05, 0) is 24.3 Å². The van der Waals surface area contributed by atoms with Crippen LogP contribution < -0.4 is 15.0 Å². The Bertz CT molecular complexity index is 805. The molecule has 7 heteroatoms. The van der Waals surface area contributed by atoms with Gasteiger partial charge in [-0.2, -0.15) is 0 Å². The van der Waals surface area contributed by atoms with Crippen molar-refractivity contribution in [2.75, 3.05) is 23.9 Å². The standard InChI is InChI=1S/C18H16F2N2O3/c1-25-15-8-3-2-7-14(15)22-10-11(9-16(22)23)18(24)21-17-12(19)5-4-6-13(17)20/h2-8,11H,9-10H2,1H3,(H,21,24). The van der Waals surface area contributed by atoms with Crippen molar-refractivity contribution in [1.82, 2.24) is 0 Å². The van der Waals surface area contributed by atoms with E-state index in [4.69, 9.17) is 4.74 Å². The first kappa shape index (κ1) is 16.9. The first-order valence-corrected chi connectivity index (χ1v) is 7.69. The Balaban J connectivity index is 1.77. The van der Waals surface area contributed by atoms with Crippen LogP contribution in [0.2, 0.25) is 0 Å². The van der Waals surface area contributed by atoms with Gasteiger partial charge in [0.1, 0.15) is 23.1 Å². The first-order valence-electron chi connectivity index (χ1n) is 7.69. The number of nitrogens with one attached hydrogen (secondary N) is 1. The van der Waals surface area contributed by atoms with Gasteiger partial charge in [0.05, 0.1) is 18.7 Å². The number of hydrogen-bond donors (Lipinski definition) is 1. The Morgan fingerprint density at radius 3 is 2.52 bits per heavy atom. The highest BCUT2D eigenvalue weighted by molar-refractivity contribution is 6.04. The van der Waals surface area contributed by atoms with Gasteiger partial charge in [-0.15, -0.1) is 0 Å². The molecule has 0 radical (unpaired) electrons. The van der Waals surface area contributed by atoms with E-state index in [1.807, 2.05) is 0 Å². The van der Waals surface area contributed by atoms with E-state index < -0.39 is 29.1 Å². The van der Waals surface area contributed by atoms with Crippen LogP contribution in [0.5, 0.6) is 5.75 Å². The first-order chi connectivity index (χ1) is 12.0. The highest BCUT2D eigenvalue weighted by Crippen LogP contribution is 2.33. The third-order valence-corrected chi connectivity index (χ3v) is 4.08. The molecule has 0 spiro atoms. The Kier molecular flexibility index (Phi) is 4.65. The van der Waals surface area contributed by atoms with Crippen molar-refractivity contribution in [2.24, 2.45) is 5.92 Å². The third-order valence-electron chi connectivity index (χ3n) is 4.08. The van der Waals surface area contributed by atoms with Crippen molar-refractivity contribution in [3.63, 3.8) is 0 Å². The maximum atomic E-state index is 13.7. The van der Waals surface area contributed by atoms with Crippen LogP contribution in [0.15, 0.2) is 42.5 Å². The molecule has 1 atom stereocenters. The van der Waals surface area contributed by atoms with Crippen LogP contribution in [0.1, 0.15) is 6.42 Å². The van der Waals surface area contributed by atoms with Crippen molar-refractivity contribution in [2.45, 2.75) is 6.42 Å². The Labute approximate surface area is 143 Å². The quantitative estimate of drug-likeness (QED) is 0.926. The molecule has 130 valence electrons. The number of carbonyl (C=O) groups is 2. The lowest BCUT2D eigenvalue weighted by molar-refractivity contribution is -0.122. The summed E-state index contributed by atoms with van der Waals surface area (Å²) in [7, 11) is 1.49. The highest BCUT2D eigenvalue weighted by Gasteiger charge is 2.36. The number of methoxy groups -OCH3 is 1. The molecule has 2 amide bonds. The van der Waals surface area contributed by atoms with Gasteiger partial charge >= 0.3 is 0 Å². The maximum Gasteiger partial charge on any atom is 0.229 e. The molecule has 0 bridgehead atoms. The molecule has 0 saturated carbocycles. The molecule has 1 saturated heterocycles. The van der Waals surface area contributed by atoms with Crippen LogP contribution in [0.3, 0.4) is 0 Å². The summed E-state index contributed by atoms with van der Waals surface area (Å²) in [5, 5.41) is 2.24. The van der Waals surface area contributed by atoms with Gasteiger partial charge in [0.2, 0.25) is 11.8 Å². The maximum absolute atomic E-state index is 13.7. The summed E-state index contributed by atoms with van der Waals surface area (Å²) in [5.41, 5.74) is 0.0538. The predicted molar refractivity (Wildman–Crippen MR) is 88.4 cm³/mol. The molecule has 0 aromatic heterocycles. The van der Waals surface area contributed by atoms with Gasteiger partial charge in [-0.3, -0.25) is 9.59 Å². The molecule has 1 heterocycles. The van der Waals surface area contributed by atoms with Crippen LogP contribution in [0.4, 0.5) is 20.2 Å². The number of para-hydroxylation sites is 3. The summed E-state index contributed by atoms with van der Waals surface area (Å²) in [4.78, 5) is 26.1. The number of hydrogen-bond acceptors (Lipinski definition) is 3. The SMILES string of the molecule is COc1ccccc1N1CC(C(=O)Nc2c(F)cccc2F)CC1=O. The smallest absolute Gasteiger partial charge is 0.229 e. The second-order valence-electron chi connectivity index (χ2n) is 5.66. The lowest BCUT2D eigenvalue weighted by Crippen LogP contribution is -2.28. The van der Waals surface area contributed by atoms with Crippen LogP contribution in [-0.4, -0.2) is 25.5 Å². The number of amides is 2. The number of ether oxygens (including phenoxy) is 1. The van der Waals surface area contributed by atoms with E-state index >= 15 is 0 Å². The van der Waals surface area contributed by atoms with Crippen molar-refractivity contribution in [3.8, 4) is 5.75 Å². The number of carbonyl (C=O) groups excluding carboxylic acids is 2. The van der Waals surface area contributed by atoms with Crippen molar-refractivity contribution in [3.05, 3.63) is 54.1 Å². The molecule has 1 N–H and O–H groups in total. The predicted octanol–water partition coefficient (Wildman–Crippen LogP) is 2.97. The van der Waals surface area contributed by atoms with Gasteiger partial charge in [0.25, 0.3) is 0 Å². The summed E-state index contributed by atoms with van der Waals surface area (Å²) < 4.78 is 32.6. The van der Waals surface area contributed by atoms with Gasteiger partial charge in [0.15, 0.2) is 0 Å². The van der Waals surface area contributed by atoms with Crippen LogP contribution >= 0.6 is 0 Å². The lowest BCUT2D eigenvalue weighted by Gasteiger charge is -2.19. The molecule has 1 aliphatic rings. The normalized spacial score (nSPS) is 16.8. The summed E-state index contributed by atoms with van der Waals surface area (Å²) >= 11 is 0. The minimum Gasteiger partial charge on any atom is -0.495 e. The molecule has 0 aliphatic carbocycles.